The zero-order valence-corrected chi connectivity index (χ0v) is 10.4. The average Bonchev–Trinajstić information content (AvgIpc) is 2.86. The summed E-state index contributed by atoms with van der Waals surface area (Å²) in [7, 11) is 4.26. The van der Waals surface area contributed by atoms with Gasteiger partial charge in [-0.3, -0.25) is 0 Å². The van der Waals surface area contributed by atoms with E-state index in [0.29, 0.717) is 0 Å². The van der Waals surface area contributed by atoms with Gasteiger partial charge in [0.1, 0.15) is 11.3 Å². The monoisotopic (exact) mass is 230 g/mol. The van der Waals surface area contributed by atoms with Crippen molar-refractivity contribution in [2.75, 3.05) is 20.1 Å². The highest BCUT2D eigenvalue weighted by molar-refractivity contribution is 5.70. The molecule has 1 aliphatic rings. The molecule has 1 aliphatic heterocycles. The summed E-state index contributed by atoms with van der Waals surface area (Å²) < 4.78 is 2.13. The van der Waals surface area contributed by atoms with Crippen molar-refractivity contribution in [1.29, 1.82) is 0 Å². The van der Waals surface area contributed by atoms with Crippen molar-refractivity contribution in [3.8, 4) is 0 Å². The molecule has 0 saturated carbocycles. The lowest BCUT2D eigenvalue weighted by atomic mass is 10.0. The van der Waals surface area contributed by atoms with Crippen molar-refractivity contribution in [2.45, 2.75) is 12.8 Å². The molecule has 17 heavy (non-hydrogen) atoms. The van der Waals surface area contributed by atoms with E-state index < -0.39 is 0 Å². The van der Waals surface area contributed by atoms with E-state index >= 15 is 0 Å². The van der Waals surface area contributed by atoms with Gasteiger partial charge >= 0.3 is 0 Å². The van der Waals surface area contributed by atoms with Crippen LogP contribution in [0.4, 0.5) is 0 Å². The third-order valence-electron chi connectivity index (χ3n) is 3.68. The third-order valence-corrected chi connectivity index (χ3v) is 3.68. The first-order valence-electron chi connectivity index (χ1n) is 6.19. The lowest BCUT2D eigenvalue weighted by Gasteiger charge is -2.09. The summed E-state index contributed by atoms with van der Waals surface area (Å²) in [6, 6.07) is 3.98. The van der Waals surface area contributed by atoms with Crippen LogP contribution in [0.5, 0.6) is 0 Å². The largest absolute Gasteiger partial charge is 0.316 e. The van der Waals surface area contributed by atoms with E-state index in [1.807, 2.05) is 18.3 Å². The Kier molecular flexibility index (Phi) is 2.59. The van der Waals surface area contributed by atoms with Crippen molar-refractivity contribution in [3.05, 3.63) is 24.2 Å². The molecule has 0 aromatic carbocycles. The van der Waals surface area contributed by atoms with Crippen LogP contribution in [-0.4, -0.2) is 39.6 Å². The SMILES string of the molecule is CN1CCC(Cc2nc3cccnc3n2C)C1. The number of hydrogen-bond donors (Lipinski definition) is 0. The predicted molar refractivity (Wildman–Crippen MR) is 67.8 cm³/mol. The predicted octanol–water partition coefficient (Wildman–Crippen LogP) is 1.46. The number of likely N-dealkylation sites (tertiary alicyclic amines) is 1. The highest BCUT2D eigenvalue weighted by atomic mass is 15.1. The normalized spacial score (nSPS) is 21.4. The van der Waals surface area contributed by atoms with Crippen LogP contribution in [0.1, 0.15) is 12.2 Å². The van der Waals surface area contributed by atoms with Gasteiger partial charge in [0.05, 0.1) is 0 Å². The topological polar surface area (TPSA) is 34.0 Å². The van der Waals surface area contributed by atoms with Crippen LogP contribution in [-0.2, 0) is 13.5 Å². The van der Waals surface area contributed by atoms with Crippen molar-refractivity contribution in [1.82, 2.24) is 19.4 Å². The van der Waals surface area contributed by atoms with E-state index in [2.05, 4.69) is 33.5 Å². The van der Waals surface area contributed by atoms with Crippen LogP contribution in [0.25, 0.3) is 11.2 Å². The Morgan fingerprint density at radius 3 is 3.00 bits per heavy atom. The maximum atomic E-state index is 4.68. The first-order chi connectivity index (χ1) is 8.24. The van der Waals surface area contributed by atoms with E-state index in [1.165, 1.54) is 25.3 Å². The fourth-order valence-corrected chi connectivity index (χ4v) is 2.70. The fourth-order valence-electron chi connectivity index (χ4n) is 2.70. The van der Waals surface area contributed by atoms with Crippen LogP contribution in [0.2, 0.25) is 0 Å². The van der Waals surface area contributed by atoms with E-state index in [0.717, 1.165) is 23.5 Å². The summed E-state index contributed by atoms with van der Waals surface area (Å²) in [4.78, 5) is 11.5. The van der Waals surface area contributed by atoms with E-state index in [4.69, 9.17) is 0 Å². The third kappa shape index (κ3) is 1.93. The molecular weight excluding hydrogens is 212 g/mol. The summed E-state index contributed by atoms with van der Waals surface area (Å²) >= 11 is 0. The minimum absolute atomic E-state index is 0.746. The molecule has 2 aromatic heterocycles. The van der Waals surface area contributed by atoms with Crippen molar-refractivity contribution in [2.24, 2.45) is 13.0 Å². The molecule has 0 N–H and O–H groups in total. The molecule has 1 saturated heterocycles. The lowest BCUT2D eigenvalue weighted by Crippen LogP contribution is -2.16. The zero-order valence-electron chi connectivity index (χ0n) is 10.4. The number of aryl methyl sites for hydroxylation is 1. The number of rotatable bonds is 2. The summed E-state index contributed by atoms with van der Waals surface area (Å²) in [5, 5.41) is 0. The van der Waals surface area contributed by atoms with Gasteiger partial charge in [-0.25, -0.2) is 9.97 Å². The molecular formula is C13H18N4. The number of pyridine rings is 1. The van der Waals surface area contributed by atoms with Gasteiger partial charge in [-0.15, -0.1) is 0 Å². The van der Waals surface area contributed by atoms with Crippen LogP contribution in [0.15, 0.2) is 18.3 Å². The fraction of sp³-hybridized carbons (Fsp3) is 0.538. The molecule has 4 nitrogen and oxygen atoms in total. The van der Waals surface area contributed by atoms with Gasteiger partial charge in [0.2, 0.25) is 0 Å². The maximum Gasteiger partial charge on any atom is 0.159 e. The Hall–Kier alpha value is -1.42. The summed E-state index contributed by atoms with van der Waals surface area (Å²) in [5.41, 5.74) is 2.00. The van der Waals surface area contributed by atoms with Gasteiger partial charge in [-0.1, -0.05) is 0 Å². The Morgan fingerprint density at radius 1 is 1.41 bits per heavy atom. The van der Waals surface area contributed by atoms with Gasteiger partial charge in [-0.2, -0.15) is 0 Å². The molecule has 0 aliphatic carbocycles. The Labute approximate surface area is 101 Å². The van der Waals surface area contributed by atoms with Crippen molar-refractivity contribution < 1.29 is 0 Å². The number of fused-ring (bicyclic) bond motifs is 1. The second-order valence-corrected chi connectivity index (χ2v) is 5.05. The minimum atomic E-state index is 0.746. The maximum absolute atomic E-state index is 4.68. The standard InChI is InChI=1S/C13H18N4/c1-16-7-5-10(9-16)8-12-15-11-4-3-6-14-13(11)17(12)2/h3-4,6,10H,5,7-9H2,1-2H3. The molecule has 3 rings (SSSR count). The molecule has 3 heterocycles. The van der Waals surface area contributed by atoms with Gasteiger partial charge in [0.25, 0.3) is 0 Å². The lowest BCUT2D eigenvalue weighted by molar-refractivity contribution is 0.392. The van der Waals surface area contributed by atoms with E-state index in [9.17, 15) is 0 Å². The Morgan fingerprint density at radius 2 is 2.29 bits per heavy atom. The van der Waals surface area contributed by atoms with Crippen LogP contribution >= 0.6 is 0 Å². The summed E-state index contributed by atoms with van der Waals surface area (Å²) in [6.45, 7) is 2.41. The van der Waals surface area contributed by atoms with Crippen LogP contribution in [0.3, 0.4) is 0 Å². The quantitative estimate of drug-likeness (QED) is 0.783. The molecule has 1 fully saturated rings. The van der Waals surface area contributed by atoms with E-state index in [-0.39, 0.29) is 0 Å². The first kappa shape index (κ1) is 10.7. The smallest absolute Gasteiger partial charge is 0.159 e. The van der Waals surface area contributed by atoms with Gasteiger partial charge < -0.3 is 9.47 Å². The minimum Gasteiger partial charge on any atom is -0.316 e. The van der Waals surface area contributed by atoms with Gasteiger partial charge in [0, 0.05) is 26.2 Å². The molecule has 4 heteroatoms. The van der Waals surface area contributed by atoms with E-state index in [1.54, 1.807) is 0 Å². The van der Waals surface area contributed by atoms with Crippen LogP contribution in [0, 0.1) is 5.92 Å². The van der Waals surface area contributed by atoms with Crippen molar-refractivity contribution in [3.63, 3.8) is 0 Å². The Bertz CT molecular complexity index is 531. The molecule has 0 bridgehead atoms. The number of hydrogen-bond acceptors (Lipinski definition) is 3. The molecule has 1 unspecified atom stereocenters. The second kappa shape index (κ2) is 4.11. The molecule has 0 amide bonds. The summed E-state index contributed by atoms with van der Waals surface area (Å²) in [5.74, 6) is 1.91. The molecule has 90 valence electrons. The molecule has 0 radical (unpaired) electrons. The zero-order chi connectivity index (χ0) is 11.8. The highest BCUT2D eigenvalue weighted by Crippen LogP contribution is 2.20. The second-order valence-electron chi connectivity index (χ2n) is 5.05. The van der Waals surface area contributed by atoms with Crippen LogP contribution < -0.4 is 0 Å². The number of aromatic nitrogens is 3. The summed E-state index contributed by atoms with van der Waals surface area (Å²) in [6.07, 6.45) is 4.18. The van der Waals surface area contributed by atoms with Gasteiger partial charge in [0.15, 0.2) is 5.65 Å². The highest BCUT2D eigenvalue weighted by Gasteiger charge is 2.21. The molecule has 1 atom stereocenters. The van der Waals surface area contributed by atoms with Crippen molar-refractivity contribution >= 4 is 11.2 Å². The Balaban J connectivity index is 1.88. The van der Waals surface area contributed by atoms with Gasteiger partial charge in [-0.05, 0) is 38.1 Å². The number of nitrogens with zero attached hydrogens (tertiary/aromatic N) is 4. The molecule has 2 aromatic rings. The number of imidazole rings is 1. The average molecular weight is 230 g/mol. The molecule has 0 spiro atoms. The first-order valence-corrected chi connectivity index (χ1v) is 6.19.